The lowest BCUT2D eigenvalue weighted by atomic mass is 10.3. The molecule has 0 saturated carbocycles. The predicted molar refractivity (Wildman–Crippen MR) is 110 cm³/mol. The van der Waals surface area contributed by atoms with E-state index in [1.54, 1.807) is 18.2 Å². The molecule has 6 nitrogen and oxygen atoms in total. The molecule has 0 unspecified atom stereocenters. The van der Waals surface area contributed by atoms with Crippen LogP contribution in [-0.4, -0.2) is 27.5 Å². The third-order valence-electron chi connectivity index (χ3n) is 3.54. The van der Waals surface area contributed by atoms with Crippen LogP contribution in [-0.2, 0) is 14.8 Å². The van der Waals surface area contributed by atoms with Crippen LogP contribution in [0.4, 0.5) is 5.69 Å². The SMILES string of the molecule is CCCCNS(=O)(=O)c1ccc(OCC(=O)Nc2ccccc2Br)c(Cl)c1. The first-order chi connectivity index (χ1) is 12.8. The Kier molecular flexibility index (Phi) is 8.09. The maximum absolute atomic E-state index is 12.2. The molecule has 0 aliphatic carbocycles. The number of halogens is 2. The minimum atomic E-state index is -3.62. The fourth-order valence-electron chi connectivity index (χ4n) is 2.12. The molecule has 0 bridgehead atoms. The van der Waals surface area contributed by atoms with E-state index < -0.39 is 10.0 Å². The van der Waals surface area contributed by atoms with E-state index in [2.05, 4.69) is 26.0 Å². The number of ether oxygens (including phenoxy) is 1. The van der Waals surface area contributed by atoms with E-state index in [-0.39, 0.29) is 28.2 Å². The molecule has 0 fully saturated rings. The quantitative estimate of drug-likeness (QED) is 0.532. The van der Waals surface area contributed by atoms with Crippen LogP contribution in [0.5, 0.6) is 5.75 Å². The number of carbonyl (C=O) groups excluding carboxylic acids is 1. The molecule has 0 spiro atoms. The normalized spacial score (nSPS) is 11.2. The zero-order valence-corrected chi connectivity index (χ0v) is 17.8. The van der Waals surface area contributed by atoms with Crippen molar-refractivity contribution in [1.82, 2.24) is 4.72 Å². The first kappa shape index (κ1) is 21.7. The molecule has 0 heterocycles. The van der Waals surface area contributed by atoms with Gasteiger partial charge in [-0.25, -0.2) is 13.1 Å². The van der Waals surface area contributed by atoms with E-state index in [4.69, 9.17) is 16.3 Å². The summed E-state index contributed by atoms with van der Waals surface area (Å²) in [5, 5.41) is 2.82. The highest BCUT2D eigenvalue weighted by Gasteiger charge is 2.16. The first-order valence-corrected chi connectivity index (χ1v) is 11.0. The van der Waals surface area contributed by atoms with Crippen molar-refractivity contribution < 1.29 is 17.9 Å². The summed E-state index contributed by atoms with van der Waals surface area (Å²) < 4.78 is 33.0. The van der Waals surface area contributed by atoms with Gasteiger partial charge in [0.25, 0.3) is 5.91 Å². The third kappa shape index (κ3) is 6.49. The van der Waals surface area contributed by atoms with Gasteiger partial charge in [0.15, 0.2) is 6.61 Å². The predicted octanol–water partition coefficient (Wildman–Crippen LogP) is 4.20. The number of hydrogen-bond acceptors (Lipinski definition) is 4. The van der Waals surface area contributed by atoms with Gasteiger partial charge >= 0.3 is 0 Å². The Morgan fingerprint density at radius 2 is 1.96 bits per heavy atom. The van der Waals surface area contributed by atoms with Crippen LogP contribution in [0.1, 0.15) is 19.8 Å². The molecule has 0 aromatic heterocycles. The molecule has 2 aromatic rings. The second-order valence-electron chi connectivity index (χ2n) is 5.66. The van der Waals surface area contributed by atoms with E-state index in [9.17, 15) is 13.2 Å². The van der Waals surface area contributed by atoms with Crippen molar-refractivity contribution in [1.29, 1.82) is 0 Å². The number of carbonyl (C=O) groups is 1. The number of sulfonamides is 1. The number of nitrogens with one attached hydrogen (secondary N) is 2. The van der Waals surface area contributed by atoms with Crippen molar-refractivity contribution in [3.8, 4) is 5.75 Å². The highest BCUT2D eigenvalue weighted by atomic mass is 79.9. The number of unbranched alkanes of at least 4 members (excludes halogenated alkanes) is 1. The molecular weight excluding hydrogens is 456 g/mol. The van der Waals surface area contributed by atoms with Crippen molar-refractivity contribution >= 4 is 49.1 Å². The maximum Gasteiger partial charge on any atom is 0.262 e. The molecule has 0 radical (unpaired) electrons. The number of benzene rings is 2. The molecule has 0 aliphatic rings. The Bertz CT molecular complexity index is 906. The van der Waals surface area contributed by atoms with Crippen LogP contribution in [0.15, 0.2) is 51.8 Å². The second-order valence-corrected chi connectivity index (χ2v) is 8.69. The lowest BCUT2D eigenvalue weighted by Gasteiger charge is -2.11. The van der Waals surface area contributed by atoms with Gasteiger partial charge in [-0.05, 0) is 52.7 Å². The van der Waals surface area contributed by atoms with E-state index in [0.29, 0.717) is 12.2 Å². The Balaban J connectivity index is 1.97. The summed E-state index contributed by atoms with van der Waals surface area (Å²) in [5.41, 5.74) is 0.622. The van der Waals surface area contributed by atoms with Gasteiger partial charge in [0.1, 0.15) is 5.75 Å². The number of para-hydroxylation sites is 1. The van der Waals surface area contributed by atoms with Crippen molar-refractivity contribution in [3.05, 3.63) is 52.0 Å². The summed E-state index contributed by atoms with van der Waals surface area (Å²) in [6.07, 6.45) is 1.64. The molecule has 2 aromatic carbocycles. The van der Waals surface area contributed by atoms with E-state index in [0.717, 1.165) is 17.3 Å². The van der Waals surface area contributed by atoms with Crippen molar-refractivity contribution in [3.63, 3.8) is 0 Å². The van der Waals surface area contributed by atoms with Crippen LogP contribution in [0, 0.1) is 0 Å². The lowest BCUT2D eigenvalue weighted by Crippen LogP contribution is -2.24. The minimum absolute atomic E-state index is 0.0496. The molecule has 27 heavy (non-hydrogen) atoms. The molecule has 0 aliphatic heterocycles. The summed E-state index contributed by atoms with van der Waals surface area (Å²) in [5.74, 6) is -0.137. The fourth-order valence-corrected chi connectivity index (χ4v) is 3.91. The Hall–Kier alpha value is -1.61. The maximum atomic E-state index is 12.2. The van der Waals surface area contributed by atoms with Gasteiger partial charge < -0.3 is 10.1 Å². The van der Waals surface area contributed by atoms with E-state index in [1.165, 1.54) is 18.2 Å². The van der Waals surface area contributed by atoms with Crippen molar-refractivity contribution in [2.24, 2.45) is 0 Å². The lowest BCUT2D eigenvalue weighted by molar-refractivity contribution is -0.118. The standard InChI is InChI=1S/C18H20BrClN2O4S/c1-2-3-10-21-27(24,25)13-8-9-17(15(20)11-13)26-12-18(23)22-16-7-5-4-6-14(16)19/h4-9,11,21H,2-3,10,12H2,1H3,(H,22,23). The van der Waals surface area contributed by atoms with Gasteiger partial charge in [-0.2, -0.15) is 0 Å². The zero-order valence-electron chi connectivity index (χ0n) is 14.7. The van der Waals surface area contributed by atoms with Crippen LogP contribution >= 0.6 is 27.5 Å². The highest BCUT2D eigenvalue weighted by molar-refractivity contribution is 9.10. The number of anilines is 1. The molecular formula is C18H20BrClN2O4S. The molecule has 0 saturated heterocycles. The van der Waals surface area contributed by atoms with Crippen LogP contribution < -0.4 is 14.8 Å². The topological polar surface area (TPSA) is 84.5 Å². The largest absolute Gasteiger partial charge is 0.482 e. The Morgan fingerprint density at radius 3 is 2.63 bits per heavy atom. The van der Waals surface area contributed by atoms with E-state index in [1.807, 2.05) is 13.0 Å². The molecule has 2 N–H and O–H groups in total. The van der Waals surface area contributed by atoms with Crippen LogP contribution in [0.3, 0.4) is 0 Å². The van der Waals surface area contributed by atoms with Gasteiger partial charge in [0, 0.05) is 11.0 Å². The van der Waals surface area contributed by atoms with Crippen molar-refractivity contribution in [2.75, 3.05) is 18.5 Å². The summed E-state index contributed by atoms with van der Waals surface area (Å²) in [4.78, 5) is 12.1. The molecule has 1 amide bonds. The van der Waals surface area contributed by atoms with Crippen LogP contribution in [0.2, 0.25) is 5.02 Å². The summed E-state index contributed by atoms with van der Waals surface area (Å²) in [6, 6.07) is 11.3. The van der Waals surface area contributed by atoms with Gasteiger partial charge in [-0.1, -0.05) is 37.1 Å². The van der Waals surface area contributed by atoms with Crippen molar-refractivity contribution in [2.45, 2.75) is 24.7 Å². The average molecular weight is 476 g/mol. The Labute approximate surface area is 172 Å². The third-order valence-corrected chi connectivity index (χ3v) is 5.99. The number of hydrogen-bond donors (Lipinski definition) is 2. The highest BCUT2D eigenvalue weighted by Crippen LogP contribution is 2.27. The first-order valence-electron chi connectivity index (χ1n) is 8.30. The summed E-state index contributed by atoms with van der Waals surface area (Å²) in [7, 11) is -3.62. The molecule has 146 valence electrons. The van der Waals surface area contributed by atoms with Gasteiger partial charge in [0.2, 0.25) is 10.0 Å². The molecule has 2 rings (SSSR count). The molecule has 9 heteroatoms. The van der Waals surface area contributed by atoms with Gasteiger partial charge in [-0.3, -0.25) is 4.79 Å². The van der Waals surface area contributed by atoms with Crippen LogP contribution in [0.25, 0.3) is 0 Å². The minimum Gasteiger partial charge on any atom is -0.482 e. The average Bonchev–Trinajstić information content (AvgIpc) is 2.62. The Morgan fingerprint density at radius 1 is 1.22 bits per heavy atom. The number of amides is 1. The smallest absolute Gasteiger partial charge is 0.262 e. The second kappa shape index (κ2) is 10.1. The summed E-state index contributed by atoms with van der Waals surface area (Å²) in [6.45, 7) is 2.08. The van der Waals surface area contributed by atoms with Gasteiger partial charge in [0.05, 0.1) is 15.6 Å². The monoisotopic (exact) mass is 474 g/mol. The molecule has 0 atom stereocenters. The number of rotatable bonds is 9. The summed E-state index contributed by atoms with van der Waals surface area (Å²) >= 11 is 9.45. The van der Waals surface area contributed by atoms with E-state index >= 15 is 0 Å². The fraction of sp³-hybridized carbons (Fsp3) is 0.278. The van der Waals surface area contributed by atoms with Gasteiger partial charge in [-0.15, -0.1) is 0 Å². The zero-order chi connectivity index (χ0) is 19.9.